The zero-order valence-corrected chi connectivity index (χ0v) is 11.4. The summed E-state index contributed by atoms with van der Waals surface area (Å²) in [6, 6.07) is 9.41. The number of benzene rings is 1. The topological polar surface area (TPSA) is 98.1 Å². The van der Waals surface area contributed by atoms with E-state index in [1.165, 1.54) is 0 Å². The monoisotopic (exact) mass is 287 g/mol. The van der Waals surface area contributed by atoms with Gasteiger partial charge in [0.1, 0.15) is 0 Å². The standard InChI is InChI=1S/C12H18NO5P/c14-12(8-7-11-5-2-1-3-6-11)13(15)9-4-10-19(16,17)18/h1-3,5-6,15H,4,7-10H2,(H2,16,17,18). The molecule has 0 unspecified atom stereocenters. The fourth-order valence-corrected chi connectivity index (χ4v) is 2.13. The van der Waals surface area contributed by atoms with E-state index in [9.17, 15) is 14.6 Å². The molecule has 0 saturated carbocycles. The molecule has 19 heavy (non-hydrogen) atoms. The molecule has 6 nitrogen and oxygen atoms in total. The van der Waals surface area contributed by atoms with E-state index >= 15 is 0 Å². The second-order valence-electron chi connectivity index (χ2n) is 4.24. The van der Waals surface area contributed by atoms with E-state index < -0.39 is 13.5 Å². The smallest absolute Gasteiger partial charge is 0.324 e. The first-order valence-electron chi connectivity index (χ1n) is 5.96. The minimum atomic E-state index is -4.06. The van der Waals surface area contributed by atoms with E-state index in [0.29, 0.717) is 11.5 Å². The van der Waals surface area contributed by atoms with Crippen LogP contribution in [0, 0.1) is 0 Å². The number of carbonyl (C=O) groups excluding carboxylic acids is 1. The maximum atomic E-state index is 11.6. The van der Waals surface area contributed by atoms with Crippen LogP contribution in [0.2, 0.25) is 0 Å². The van der Waals surface area contributed by atoms with Gasteiger partial charge in [-0.05, 0) is 18.4 Å². The molecule has 1 rings (SSSR count). The molecule has 0 heterocycles. The van der Waals surface area contributed by atoms with Gasteiger partial charge in [0.05, 0.1) is 6.16 Å². The number of hydroxylamine groups is 2. The molecule has 1 aromatic rings. The highest BCUT2D eigenvalue weighted by Gasteiger charge is 2.15. The number of aryl methyl sites for hydroxylation is 1. The van der Waals surface area contributed by atoms with Crippen LogP contribution in [0.25, 0.3) is 0 Å². The minimum Gasteiger partial charge on any atom is -0.324 e. The van der Waals surface area contributed by atoms with Crippen molar-refractivity contribution in [2.45, 2.75) is 19.3 Å². The van der Waals surface area contributed by atoms with Gasteiger partial charge in [0.2, 0.25) is 5.91 Å². The zero-order chi connectivity index (χ0) is 14.3. The summed E-state index contributed by atoms with van der Waals surface area (Å²) in [5, 5.41) is 9.95. The lowest BCUT2D eigenvalue weighted by atomic mass is 10.1. The fraction of sp³-hybridized carbons (Fsp3) is 0.417. The number of nitrogens with zero attached hydrogens (tertiary/aromatic N) is 1. The van der Waals surface area contributed by atoms with Crippen LogP contribution in [-0.2, 0) is 15.8 Å². The predicted molar refractivity (Wildman–Crippen MR) is 69.8 cm³/mol. The van der Waals surface area contributed by atoms with Crippen molar-refractivity contribution in [3.8, 4) is 0 Å². The van der Waals surface area contributed by atoms with Crippen molar-refractivity contribution in [1.82, 2.24) is 5.06 Å². The second kappa shape index (κ2) is 7.40. The Balaban J connectivity index is 2.27. The van der Waals surface area contributed by atoms with Crippen LogP contribution >= 0.6 is 7.60 Å². The van der Waals surface area contributed by atoms with Crippen molar-refractivity contribution in [3.63, 3.8) is 0 Å². The van der Waals surface area contributed by atoms with Crippen molar-refractivity contribution < 1.29 is 24.4 Å². The average Bonchev–Trinajstić information content (AvgIpc) is 2.35. The van der Waals surface area contributed by atoms with Crippen LogP contribution in [0.5, 0.6) is 0 Å². The lowest BCUT2D eigenvalue weighted by Crippen LogP contribution is -2.29. The Kier molecular flexibility index (Phi) is 6.18. The molecule has 0 radical (unpaired) electrons. The molecule has 7 heteroatoms. The largest absolute Gasteiger partial charge is 0.325 e. The van der Waals surface area contributed by atoms with Gasteiger partial charge in [0.15, 0.2) is 0 Å². The van der Waals surface area contributed by atoms with Gasteiger partial charge >= 0.3 is 7.60 Å². The third kappa shape index (κ3) is 7.08. The normalized spacial score (nSPS) is 11.3. The van der Waals surface area contributed by atoms with Crippen LogP contribution in [0.1, 0.15) is 18.4 Å². The van der Waals surface area contributed by atoms with Crippen LogP contribution in [0.15, 0.2) is 30.3 Å². The number of hydrogen-bond acceptors (Lipinski definition) is 3. The first-order chi connectivity index (χ1) is 8.88. The molecule has 0 aliphatic rings. The van der Waals surface area contributed by atoms with Gasteiger partial charge in [-0.25, -0.2) is 5.06 Å². The number of rotatable bonds is 7. The summed E-state index contributed by atoms with van der Waals surface area (Å²) in [7, 11) is -4.06. The first kappa shape index (κ1) is 15.9. The summed E-state index contributed by atoms with van der Waals surface area (Å²) < 4.78 is 10.6. The second-order valence-corrected chi connectivity index (χ2v) is 6.02. The molecule has 0 fully saturated rings. The third-order valence-corrected chi connectivity index (χ3v) is 3.48. The molecular weight excluding hydrogens is 269 g/mol. The van der Waals surface area contributed by atoms with E-state index in [-0.39, 0.29) is 25.5 Å². The Bertz CT molecular complexity index is 445. The summed E-state index contributed by atoms with van der Waals surface area (Å²) in [6.45, 7) is -0.0707. The van der Waals surface area contributed by atoms with Crippen molar-refractivity contribution in [2.75, 3.05) is 12.7 Å². The molecular formula is C12H18NO5P. The molecule has 0 spiro atoms. The van der Waals surface area contributed by atoms with Crippen LogP contribution in [-0.4, -0.2) is 38.7 Å². The Labute approximate surface area is 111 Å². The fourth-order valence-electron chi connectivity index (χ4n) is 1.58. The minimum absolute atomic E-state index is 0.0673. The van der Waals surface area contributed by atoms with E-state index in [1.54, 1.807) is 0 Å². The van der Waals surface area contributed by atoms with Crippen molar-refractivity contribution in [3.05, 3.63) is 35.9 Å². The Morgan fingerprint density at radius 2 is 1.84 bits per heavy atom. The SMILES string of the molecule is O=C(CCc1ccccc1)N(O)CCCP(=O)(O)O. The lowest BCUT2D eigenvalue weighted by molar-refractivity contribution is -0.165. The maximum Gasteiger partial charge on any atom is 0.325 e. The van der Waals surface area contributed by atoms with Crippen molar-refractivity contribution >= 4 is 13.5 Å². The van der Waals surface area contributed by atoms with Crippen molar-refractivity contribution in [2.24, 2.45) is 0 Å². The molecule has 0 bridgehead atoms. The first-order valence-corrected chi connectivity index (χ1v) is 7.76. The van der Waals surface area contributed by atoms with E-state index in [2.05, 4.69) is 0 Å². The van der Waals surface area contributed by atoms with Gasteiger partial charge in [-0.3, -0.25) is 14.6 Å². The van der Waals surface area contributed by atoms with Gasteiger partial charge in [-0.15, -0.1) is 0 Å². The Morgan fingerprint density at radius 1 is 1.21 bits per heavy atom. The van der Waals surface area contributed by atoms with E-state index in [1.807, 2.05) is 30.3 Å². The molecule has 0 aliphatic heterocycles. The van der Waals surface area contributed by atoms with E-state index in [0.717, 1.165) is 5.56 Å². The van der Waals surface area contributed by atoms with Crippen molar-refractivity contribution in [1.29, 1.82) is 0 Å². The lowest BCUT2D eigenvalue weighted by Gasteiger charge is -2.15. The summed E-state index contributed by atoms with van der Waals surface area (Å²) in [4.78, 5) is 28.8. The molecule has 0 aliphatic carbocycles. The van der Waals surface area contributed by atoms with Gasteiger partial charge < -0.3 is 9.79 Å². The molecule has 0 atom stereocenters. The molecule has 0 aromatic heterocycles. The van der Waals surface area contributed by atoms with Gasteiger partial charge in [-0.2, -0.15) is 0 Å². The highest BCUT2D eigenvalue weighted by Crippen LogP contribution is 2.34. The quantitative estimate of drug-likeness (QED) is 0.400. The summed E-state index contributed by atoms with van der Waals surface area (Å²) >= 11 is 0. The predicted octanol–water partition coefficient (Wildman–Crippen LogP) is 1.40. The molecule has 1 amide bonds. The summed E-state index contributed by atoms with van der Waals surface area (Å²) in [5.41, 5.74) is 1.000. The molecule has 0 saturated heterocycles. The van der Waals surface area contributed by atoms with Crippen LogP contribution < -0.4 is 0 Å². The van der Waals surface area contributed by atoms with Crippen LogP contribution in [0.3, 0.4) is 0 Å². The third-order valence-electron chi connectivity index (χ3n) is 2.58. The molecule has 1 aromatic carbocycles. The number of amides is 1. The Morgan fingerprint density at radius 3 is 2.42 bits per heavy atom. The molecule has 106 valence electrons. The Hall–Kier alpha value is -1.20. The summed E-state index contributed by atoms with van der Waals surface area (Å²) in [5.74, 6) is -0.449. The zero-order valence-electron chi connectivity index (χ0n) is 10.5. The van der Waals surface area contributed by atoms with Crippen LogP contribution in [0.4, 0.5) is 0 Å². The molecule has 3 N–H and O–H groups in total. The number of carbonyl (C=O) groups is 1. The van der Waals surface area contributed by atoms with Gasteiger partial charge in [0.25, 0.3) is 0 Å². The highest BCUT2D eigenvalue weighted by molar-refractivity contribution is 7.51. The summed E-state index contributed by atoms with van der Waals surface area (Å²) in [6.07, 6.45) is 0.416. The van der Waals surface area contributed by atoms with Gasteiger partial charge in [-0.1, -0.05) is 30.3 Å². The number of hydrogen-bond donors (Lipinski definition) is 3. The highest BCUT2D eigenvalue weighted by atomic mass is 31.2. The average molecular weight is 287 g/mol. The maximum absolute atomic E-state index is 11.6. The van der Waals surface area contributed by atoms with E-state index in [4.69, 9.17) is 9.79 Å². The van der Waals surface area contributed by atoms with Gasteiger partial charge in [0, 0.05) is 13.0 Å².